The number of halogens is 2. The maximum atomic E-state index is 14.7. The number of benzene rings is 3. The predicted octanol–water partition coefficient (Wildman–Crippen LogP) is 5.20. The van der Waals surface area contributed by atoms with Gasteiger partial charge >= 0.3 is 5.97 Å². The van der Waals surface area contributed by atoms with Gasteiger partial charge in [-0.3, -0.25) is 14.4 Å². The summed E-state index contributed by atoms with van der Waals surface area (Å²) in [6.07, 6.45) is 0.546. The fourth-order valence-corrected chi connectivity index (χ4v) is 6.32. The van der Waals surface area contributed by atoms with Crippen molar-refractivity contribution in [3.8, 4) is 0 Å². The summed E-state index contributed by atoms with van der Waals surface area (Å²) in [4.78, 5) is 61.0. The number of anilines is 2. The van der Waals surface area contributed by atoms with Crippen LogP contribution in [0.25, 0.3) is 0 Å². The highest BCUT2D eigenvalue weighted by Crippen LogP contribution is 2.39. The van der Waals surface area contributed by atoms with E-state index in [2.05, 4.69) is 10.5 Å². The minimum atomic E-state index is -1.10. The summed E-state index contributed by atoms with van der Waals surface area (Å²) in [5.74, 6) is -2.50. The molecule has 3 atom stereocenters. The van der Waals surface area contributed by atoms with E-state index in [0.29, 0.717) is 30.6 Å². The number of carbonyl (C=O) groups is 4. The van der Waals surface area contributed by atoms with E-state index in [-0.39, 0.29) is 46.7 Å². The smallest absolute Gasteiger partial charge is 0.335 e. The van der Waals surface area contributed by atoms with Crippen molar-refractivity contribution in [1.29, 1.82) is 0 Å². The van der Waals surface area contributed by atoms with Crippen molar-refractivity contribution in [2.75, 3.05) is 23.3 Å². The molecule has 3 heterocycles. The molecule has 3 aromatic rings. The van der Waals surface area contributed by atoms with E-state index >= 15 is 0 Å². The van der Waals surface area contributed by atoms with Gasteiger partial charge in [-0.1, -0.05) is 41.9 Å². The second-order valence-electron chi connectivity index (χ2n) is 11.5. The Morgan fingerprint density at radius 2 is 1.80 bits per heavy atom. The van der Waals surface area contributed by atoms with Gasteiger partial charge in [-0.05, 0) is 72.4 Å². The monoisotopic (exact) mass is 632 g/mol. The van der Waals surface area contributed by atoms with Crippen LogP contribution in [0.15, 0.2) is 65.8 Å². The van der Waals surface area contributed by atoms with E-state index in [1.807, 2.05) is 13.0 Å². The lowest BCUT2D eigenvalue weighted by atomic mass is 9.88. The molecule has 12 heteroatoms. The van der Waals surface area contributed by atoms with Crippen LogP contribution in [-0.2, 0) is 25.6 Å². The summed E-state index contributed by atoms with van der Waals surface area (Å²) >= 11 is 5.95. The Labute approximate surface area is 263 Å². The van der Waals surface area contributed by atoms with Crippen LogP contribution in [0.1, 0.15) is 59.3 Å². The predicted molar refractivity (Wildman–Crippen MR) is 165 cm³/mol. The molecule has 232 valence electrons. The normalized spacial score (nSPS) is 21.1. The van der Waals surface area contributed by atoms with E-state index in [0.717, 1.165) is 17.7 Å². The van der Waals surface area contributed by atoms with Crippen LogP contribution in [-0.4, -0.2) is 58.6 Å². The van der Waals surface area contributed by atoms with Crippen LogP contribution in [0.2, 0.25) is 5.02 Å². The van der Waals surface area contributed by atoms with Crippen LogP contribution in [0.3, 0.4) is 0 Å². The van der Waals surface area contributed by atoms with Gasteiger partial charge in [0, 0.05) is 42.9 Å². The number of amides is 3. The zero-order chi connectivity index (χ0) is 31.8. The minimum absolute atomic E-state index is 0.0115. The van der Waals surface area contributed by atoms with Gasteiger partial charge in [-0.2, -0.15) is 0 Å². The summed E-state index contributed by atoms with van der Waals surface area (Å²) in [5, 5.41) is 16.0. The van der Waals surface area contributed by atoms with Gasteiger partial charge in [0.1, 0.15) is 6.04 Å². The summed E-state index contributed by atoms with van der Waals surface area (Å²) in [7, 11) is 0. The minimum Gasteiger partial charge on any atom is -0.478 e. The number of carboxylic acids is 1. The number of oxime groups is 1. The highest BCUT2D eigenvalue weighted by atomic mass is 35.5. The van der Waals surface area contributed by atoms with Crippen molar-refractivity contribution in [3.05, 3.63) is 93.8 Å². The lowest BCUT2D eigenvalue weighted by Gasteiger charge is -2.39. The Kier molecular flexibility index (Phi) is 8.28. The Morgan fingerprint density at radius 3 is 2.53 bits per heavy atom. The standard InChI is InChI=1S/C33H30ClFN4O6/c1-18-12-14-38(28(40)16-18)26-7-3-4-22-21(26)13-15-39(30(22)31(41)36-20-10-8-19(9-11-20)33(43)44)32(42)27-17-25(37-45-27)23-5-2-6-24(34)29(23)35/h2-11,18,27,30H,12-17H2,1H3,(H,36,41)(H,43,44)/t18?,27-,30-/m1/s1. The number of fused-ring (bicyclic) bond motifs is 1. The van der Waals surface area contributed by atoms with E-state index in [4.69, 9.17) is 16.4 Å². The Hall–Kier alpha value is -4.77. The molecule has 1 fully saturated rings. The molecule has 2 N–H and O–H groups in total. The number of carboxylic acid groups (broad SMARTS) is 1. The third-order valence-corrected chi connectivity index (χ3v) is 8.79. The molecule has 3 amide bonds. The lowest BCUT2D eigenvalue weighted by Crippen LogP contribution is -2.49. The average Bonchev–Trinajstić information content (AvgIpc) is 3.51. The number of piperidine rings is 1. The molecule has 6 rings (SSSR count). The summed E-state index contributed by atoms with van der Waals surface area (Å²) in [6, 6.07) is 14.5. The zero-order valence-corrected chi connectivity index (χ0v) is 25.1. The van der Waals surface area contributed by atoms with Crippen molar-refractivity contribution in [1.82, 2.24) is 4.90 Å². The Bertz CT molecular complexity index is 1730. The van der Waals surface area contributed by atoms with Crippen molar-refractivity contribution >= 4 is 52.4 Å². The van der Waals surface area contributed by atoms with Crippen molar-refractivity contribution in [2.45, 2.75) is 44.8 Å². The Balaban J connectivity index is 1.32. The fraction of sp³-hybridized carbons (Fsp3) is 0.303. The second kappa shape index (κ2) is 12.3. The molecule has 3 aliphatic rings. The van der Waals surface area contributed by atoms with Crippen LogP contribution in [0, 0.1) is 11.7 Å². The van der Waals surface area contributed by atoms with Crippen molar-refractivity contribution < 1.29 is 33.5 Å². The number of carbonyl (C=O) groups excluding carboxylic acids is 3. The number of aromatic carboxylic acids is 1. The molecule has 0 saturated carbocycles. The number of rotatable bonds is 6. The number of nitrogens with zero attached hydrogens (tertiary/aromatic N) is 3. The number of nitrogens with one attached hydrogen (secondary N) is 1. The molecule has 0 aromatic heterocycles. The first-order valence-corrected chi connectivity index (χ1v) is 15.0. The first kappa shape index (κ1) is 30.3. The van der Waals surface area contributed by atoms with Crippen LogP contribution >= 0.6 is 11.6 Å². The van der Waals surface area contributed by atoms with Gasteiger partial charge in [0.25, 0.3) is 11.8 Å². The summed E-state index contributed by atoms with van der Waals surface area (Å²) in [5.41, 5.74) is 2.85. The SMILES string of the molecule is CC1CCN(c2cccc3c2CCN(C(=O)[C@H]2CC(c4cccc(Cl)c4F)=NO2)[C@H]3C(=O)Nc2ccc(C(=O)O)cc2)C(=O)C1. The van der Waals surface area contributed by atoms with Gasteiger partial charge in [-0.15, -0.1) is 0 Å². The first-order valence-electron chi connectivity index (χ1n) is 14.7. The number of hydrogen-bond acceptors (Lipinski definition) is 6. The first-order chi connectivity index (χ1) is 21.6. The molecule has 45 heavy (non-hydrogen) atoms. The molecule has 1 saturated heterocycles. The van der Waals surface area contributed by atoms with E-state index in [9.17, 15) is 28.7 Å². The van der Waals surface area contributed by atoms with E-state index < -0.39 is 35.7 Å². The van der Waals surface area contributed by atoms with E-state index in [1.54, 1.807) is 23.1 Å². The van der Waals surface area contributed by atoms with E-state index in [1.165, 1.54) is 41.3 Å². The lowest BCUT2D eigenvalue weighted by molar-refractivity contribution is -0.148. The van der Waals surface area contributed by atoms with Crippen LogP contribution in [0.5, 0.6) is 0 Å². The molecule has 0 aliphatic carbocycles. The summed E-state index contributed by atoms with van der Waals surface area (Å²) < 4.78 is 14.7. The van der Waals surface area contributed by atoms with Crippen LogP contribution in [0.4, 0.5) is 15.8 Å². The topological polar surface area (TPSA) is 129 Å². The molecule has 1 unspecified atom stereocenters. The molecular formula is C33H30ClFN4O6. The van der Waals surface area contributed by atoms with Crippen LogP contribution < -0.4 is 10.2 Å². The zero-order valence-electron chi connectivity index (χ0n) is 24.3. The maximum absolute atomic E-state index is 14.7. The third kappa shape index (κ3) is 5.87. The van der Waals surface area contributed by atoms with Gasteiger partial charge in [0.2, 0.25) is 12.0 Å². The van der Waals surface area contributed by atoms with Gasteiger partial charge < -0.3 is 25.1 Å². The highest BCUT2D eigenvalue weighted by Gasteiger charge is 2.43. The Morgan fingerprint density at radius 1 is 1.04 bits per heavy atom. The number of hydrogen-bond donors (Lipinski definition) is 2. The molecule has 10 nitrogen and oxygen atoms in total. The van der Waals surface area contributed by atoms with Crippen molar-refractivity contribution in [3.63, 3.8) is 0 Å². The maximum Gasteiger partial charge on any atom is 0.335 e. The second-order valence-corrected chi connectivity index (χ2v) is 11.9. The quantitative estimate of drug-likeness (QED) is 0.385. The molecular weight excluding hydrogens is 603 g/mol. The fourth-order valence-electron chi connectivity index (χ4n) is 6.15. The molecule has 3 aliphatic heterocycles. The molecule has 3 aromatic carbocycles. The largest absolute Gasteiger partial charge is 0.478 e. The third-order valence-electron chi connectivity index (χ3n) is 8.49. The molecule has 0 bridgehead atoms. The average molecular weight is 633 g/mol. The van der Waals surface area contributed by atoms with Gasteiger partial charge in [0.05, 0.1) is 16.3 Å². The molecule has 0 radical (unpaired) electrons. The summed E-state index contributed by atoms with van der Waals surface area (Å²) in [6.45, 7) is 2.75. The van der Waals surface area contributed by atoms with Gasteiger partial charge in [-0.25, -0.2) is 9.18 Å². The van der Waals surface area contributed by atoms with Gasteiger partial charge in [0.15, 0.2) is 5.82 Å². The highest BCUT2D eigenvalue weighted by molar-refractivity contribution is 6.31. The molecule has 0 spiro atoms. The van der Waals surface area contributed by atoms with Crippen molar-refractivity contribution in [2.24, 2.45) is 11.1 Å².